The van der Waals surface area contributed by atoms with E-state index in [0.717, 1.165) is 44.0 Å². The van der Waals surface area contributed by atoms with Crippen LogP contribution >= 0.6 is 24.0 Å². The van der Waals surface area contributed by atoms with E-state index in [9.17, 15) is 9.90 Å². The number of benzene rings is 1. The van der Waals surface area contributed by atoms with Gasteiger partial charge in [0.1, 0.15) is 0 Å². The van der Waals surface area contributed by atoms with E-state index < -0.39 is 0 Å². The minimum Gasteiger partial charge on any atom is -0.396 e. The molecule has 1 aliphatic rings. The number of amides is 1. The normalized spacial score (nSPS) is 15.3. The molecular formula is C23H40IN5O2. The first kappa shape index (κ1) is 27.5. The van der Waals surface area contributed by atoms with Crippen molar-refractivity contribution in [2.24, 2.45) is 10.9 Å². The molecule has 0 radical (unpaired) electrons. The van der Waals surface area contributed by atoms with Crippen molar-refractivity contribution in [2.75, 3.05) is 44.7 Å². The number of halogens is 1. The van der Waals surface area contributed by atoms with Crippen molar-refractivity contribution in [2.45, 2.75) is 52.6 Å². The van der Waals surface area contributed by atoms with Crippen LogP contribution in [-0.2, 0) is 11.3 Å². The standard InChI is InChI=1S/C23H39N5O2.HI/c1-6-24-22(27(5)16-21(30)26-23(2,3)4)25-15-18-7-9-20(10-8-18)28-13-11-19(17-29)12-14-28;/h7-10,19,29H,6,11-17H2,1-5H3,(H,24,25)(H,26,30);1H. The number of rotatable bonds is 7. The lowest BCUT2D eigenvalue weighted by atomic mass is 9.97. The molecule has 31 heavy (non-hydrogen) atoms. The van der Waals surface area contributed by atoms with Gasteiger partial charge in [0.2, 0.25) is 5.91 Å². The zero-order chi connectivity index (χ0) is 22.1. The Morgan fingerprint density at radius 3 is 2.35 bits per heavy atom. The fourth-order valence-corrected chi connectivity index (χ4v) is 3.57. The van der Waals surface area contributed by atoms with Crippen molar-refractivity contribution in [3.63, 3.8) is 0 Å². The average molecular weight is 546 g/mol. The molecule has 0 aliphatic carbocycles. The van der Waals surface area contributed by atoms with Crippen LogP contribution in [0.15, 0.2) is 29.3 Å². The number of piperidine rings is 1. The van der Waals surface area contributed by atoms with E-state index in [1.165, 1.54) is 5.69 Å². The predicted molar refractivity (Wildman–Crippen MR) is 139 cm³/mol. The molecule has 1 fully saturated rings. The molecule has 1 aliphatic heterocycles. The van der Waals surface area contributed by atoms with Gasteiger partial charge in [-0.15, -0.1) is 24.0 Å². The van der Waals surface area contributed by atoms with Crippen LogP contribution in [0.1, 0.15) is 46.1 Å². The third-order valence-corrected chi connectivity index (χ3v) is 5.18. The van der Waals surface area contributed by atoms with E-state index >= 15 is 0 Å². The lowest BCUT2D eigenvalue weighted by Gasteiger charge is -2.32. The molecule has 0 bridgehead atoms. The Balaban J connectivity index is 0.00000480. The van der Waals surface area contributed by atoms with Crippen LogP contribution in [0.25, 0.3) is 0 Å². The van der Waals surface area contributed by atoms with Gasteiger partial charge in [-0.2, -0.15) is 0 Å². The molecule has 1 amide bonds. The van der Waals surface area contributed by atoms with Crippen LogP contribution in [0.4, 0.5) is 5.69 Å². The maximum absolute atomic E-state index is 12.2. The first-order chi connectivity index (χ1) is 14.2. The Labute approximate surface area is 204 Å². The number of nitrogens with zero attached hydrogens (tertiary/aromatic N) is 3. The molecule has 2 rings (SSSR count). The molecule has 0 aromatic heterocycles. The molecule has 0 saturated carbocycles. The average Bonchev–Trinajstić information content (AvgIpc) is 2.70. The number of carbonyl (C=O) groups excluding carboxylic acids is 1. The Hall–Kier alpha value is -1.55. The summed E-state index contributed by atoms with van der Waals surface area (Å²) in [6.07, 6.45) is 2.09. The van der Waals surface area contributed by atoms with Crippen molar-refractivity contribution >= 4 is 41.5 Å². The monoisotopic (exact) mass is 545 g/mol. The molecule has 0 atom stereocenters. The number of anilines is 1. The van der Waals surface area contributed by atoms with Crippen LogP contribution in [0, 0.1) is 5.92 Å². The zero-order valence-corrected chi connectivity index (χ0v) is 22.0. The fraction of sp³-hybridized carbons (Fsp3) is 0.652. The number of nitrogens with one attached hydrogen (secondary N) is 2. The highest BCUT2D eigenvalue weighted by Gasteiger charge is 2.19. The molecule has 7 nitrogen and oxygen atoms in total. The lowest BCUT2D eigenvalue weighted by molar-refractivity contribution is -0.122. The summed E-state index contributed by atoms with van der Waals surface area (Å²) in [5, 5.41) is 15.5. The van der Waals surface area contributed by atoms with E-state index in [2.05, 4.69) is 39.8 Å². The summed E-state index contributed by atoms with van der Waals surface area (Å²) in [6, 6.07) is 8.54. The van der Waals surface area contributed by atoms with E-state index in [0.29, 0.717) is 19.1 Å². The van der Waals surface area contributed by atoms with Crippen molar-refractivity contribution in [1.82, 2.24) is 15.5 Å². The van der Waals surface area contributed by atoms with Gasteiger partial charge in [0.15, 0.2) is 5.96 Å². The predicted octanol–water partition coefficient (Wildman–Crippen LogP) is 2.83. The smallest absolute Gasteiger partial charge is 0.240 e. The van der Waals surface area contributed by atoms with Crippen LogP contribution in [0.2, 0.25) is 0 Å². The van der Waals surface area contributed by atoms with Crippen molar-refractivity contribution in [3.8, 4) is 0 Å². The first-order valence-electron chi connectivity index (χ1n) is 11.0. The van der Waals surface area contributed by atoms with E-state index in [4.69, 9.17) is 4.99 Å². The van der Waals surface area contributed by atoms with Crippen LogP contribution < -0.4 is 15.5 Å². The number of aliphatic hydroxyl groups is 1. The SMILES string of the molecule is CCNC(=NCc1ccc(N2CCC(CO)CC2)cc1)N(C)CC(=O)NC(C)(C)C.I. The summed E-state index contributed by atoms with van der Waals surface area (Å²) >= 11 is 0. The zero-order valence-electron chi connectivity index (χ0n) is 19.6. The maximum atomic E-state index is 12.2. The molecule has 1 heterocycles. The fourth-order valence-electron chi connectivity index (χ4n) is 3.57. The molecule has 1 aromatic carbocycles. The number of hydrogen-bond donors (Lipinski definition) is 3. The summed E-state index contributed by atoms with van der Waals surface area (Å²) in [5.41, 5.74) is 2.11. The molecule has 1 saturated heterocycles. The third-order valence-electron chi connectivity index (χ3n) is 5.18. The largest absolute Gasteiger partial charge is 0.396 e. The molecular weight excluding hydrogens is 505 g/mol. The van der Waals surface area contributed by atoms with Gasteiger partial charge in [0.25, 0.3) is 0 Å². The second kappa shape index (κ2) is 13.1. The molecule has 1 aromatic rings. The summed E-state index contributed by atoms with van der Waals surface area (Å²) < 4.78 is 0. The second-order valence-electron chi connectivity index (χ2n) is 9.10. The Morgan fingerprint density at radius 1 is 1.23 bits per heavy atom. The van der Waals surface area contributed by atoms with Gasteiger partial charge in [-0.3, -0.25) is 4.79 Å². The van der Waals surface area contributed by atoms with E-state index in [-0.39, 0.29) is 42.0 Å². The van der Waals surface area contributed by atoms with Crippen molar-refractivity contribution < 1.29 is 9.90 Å². The van der Waals surface area contributed by atoms with Gasteiger partial charge >= 0.3 is 0 Å². The van der Waals surface area contributed by atoms with Gasteiger partial charge in [0.05, 0.1) is 13.1 Å². The number of likely N-dealkylation sites (N-methyl/N-ethyl adjacent to an activating group) is 1. The van der Waals surface area contributed by atoms with Gasteiger partial charge in [-0.05, 0) is 64.2 Å². The van der Waals surface area contributed by atoms with Crippen LogP contribution in [-0.4, -0.2) is 67.2 Å². The highest BCUT2D eigenvalue weighted by Crippen LogP contribution is 2.23. The highest BCUT2D eigenvalue weighted by molar-refractivity contribution is 14.0. The maximum Gasteiger partial charge on any atom is 0.240 e. The Bertz CT molecular complexity index is 695. The van der Waals surface area contributed by atoms with E-state index in [1.807, 2.05) is 39.6 Å². The topological polar surface area (TPSA) is 80.2 Å². The summed E-state index contributed by atoms with van der Waals surface area (Å²) in [5.74, 6) is 1.14. The Morgan fingerprint density at radius 2 is 1.84 bits per heavy atom. The van der Waals surface area contributed by atoms with Gasteiger partial charge in [-0.1, -0.05) is 12.1 Å². The van der Waals surface area contributed by atoms with Crippen molar-refractivity contribution in [1.29, 1.82) is 0 Å². The third kappa shape index (κ3) is 9.64. The van der Waals surface area contributed by atoms with Crippen LogP contribution in [0.3, 0.4) is 0 Å². The number of guanidine groups is 1. The van der Waals surface area contributed by atoms with Gasteiger partial charge in [0, 0.05) is 44.5 Å². The summed E-state index contributed by atoms with van der Waals surface area (Å²) in [6.45, 7) is 11.8. The minimum absolute atomic E-state index is 0. The number of carbonyl (C=O) groups is 1. The molecule has 0 unspecified atom stereocenters. The van der Waals surface area contributed by atoms with Gasteiger partial charge in [-0.25, -0.2) is 4.99 Å². The molecule has 0 spiro atoms. The van der Waals surface area contributed by atoms with Crippen LogP contribution in [0.5, 0.6) is 0 Å². The quantitative estimate of drug-likeness (QED) is 0.279. The number of hydrogen-bond acceptors (Lipinski definition) is 4. The minimum atomic E-state index is -0.247. The number of aliphatic imine (C=N–C) groups is 1. The Kier molecular flexibility index (Phi) is 11.6. The van der Waals surface area contributed by atoms with Crippen molar-refractivity contribution in [3.05, 3.63) is 29.8 Å². The lowest BCUT2D eigenvalue weighted by Crippen LogP contribution is -2.48. The van der Waals surface area contributed by atoms with Gasteiger partial charge < -0.3 is 25.5 Å². The summed E-state index contributed by atoms with van der Waals surface area (Å²) in [7, 11) is 1.88. The van der Waals surface area contributed by atoms with E-state index in [1.54, 1.807) is 0 Å². The molecule has 176 valence electrons. The molecule has 3 N–H and O–H groups in total. The first-order valence-corrected chi connectivity index (χ1v) is 11.0. The molecule has 8 heteroatoms. The number of aliphatic hydroxyl groups excluding tert-OH is 1. The summed E-state index contributed by atoms with van der Waals surface area (Å²) in [4.78, 5) is 21.2. The highest BCUT2D eigenvalue weighted by atomic mass is 127. The second-order valence-corrected chi connectivity index (χ2v) is 9.10.